The fraction of sp³-hybridized carbons (Fsp3) is 0.750. The molecule has 0 aliphatic carbocycles. The topological polar surface area (TPSA) is 0 Å². The van der Waals surface area contributed by atoms with E-state index in [0.29, 0.717) is 0 Å². The van der Waals surface area contributed by atoms with Crippen LogP contribution in [-0.2, 0) is 0 Å². The third-order valence-electron chi connectivity index (χ3n) is 1.23. The molecule has 0 aromatic carbocycles. The van der Waals surface area contributed by atoms with Crippen molar-refractivity contribution in [2.45, 2.75) is 39.5 Å². The first kappa shape index (κ1) is 9.27. The highest BCUT2D eigenvalue weighted by Gasteiger charge is 1.82. The summed E-state index contributed by atoms with van der Waals surface area (Å²) in [6.07, 6.45) is 7.32. The van der Waals surface area contributed by atoms with Crippen molar-refractivity contribution in [1.82, 2.24) is 0 Å². The SMILES string of the molecule is CCCC=[C]([Al])CCC. The summed E-state index contributed by atoms with van der Waals surface area (Å²) in [5.41, 5.74) is 0. The van der Waals surface area contributed by atoms with Gasteiger partial charge in [-0.25, -0.2) is 0 Å². The van der Waals surface area contributed by atoms with Crippen LogP contribution in [0.2, 0.25) is 0 Å². The molecule has 0 aliphatic heterocycles. The van der Waals surface area contributed by atoms with Crippen LogP contribution in [-0.4, -0.2) is 16.3 Å². The van der Waals surface area contributed by atoms with Gasteiger partial charge in [-0.05, 0) is 12.8 Å². The normalized spacial score (nSPS) is 12.0. The minimum Gasteiger partial charge on any atom is -0.163 e. The predicted octanol–water partition coefficient (Wildman–Crippen LogP) is 2.64. The second kappa shape index (κ2) is 6.39. The highest BCUT2D eigenvalue weighted by Crippen LogP contribution is 2.01. The molecule has 2 radical (unpaired) electrons. The fourth-order valence-electron chi connectivity index (χ4n) is 0.720. The summed E-state index contributed by atoms with van der Waals surface area (Å²) < 4.78 is 1.47. The summed E-state index contributed by atoms with van der Waals surface area (Å²) >= 11 is 2.79. The van der Waals surface area contributed by atoms with Crippen LogP contribution in [0.3, 0.4) is 0 Å². The van der Waals surface area contributed by atoms with Crippen LogP contribution in [0, 0.1) is 0 Å². The molecule has 0 saturated carbocycles. The molecule has 9 heavy (non-hydrogen) atoms. The Kier molecular flexibility index (Phi) is 6.59. The zero-order valence-electron chi connectivity index (χ0n) is 6.48. The van der Waals surface area contributed by atoms with E-state index < -0.39 is 0 Å². The molecule has 0 N–H and O–H groups in total. The van der Waals surface area contributed by atoms with Gasteiger partial charge in [-0.1, -0.05) is 26.7 Å². The monoisotopic (exact) mass is 138 g/mol. The van der Waals surface area contributed by atoms with Gasteiger partial charge in [0.15, 0.2) is 16.3 Å². The summed E-state index contributed by atoms with van der Waals surface area (Å²) in [4.78, 5) is 0. The zero-order chi connectivity index (χ0) is 7.11. The van der Waals surface area contributed by atoms with E-state index in [1.807, 2.05) is 0 Å². The second-order valence-electron chi connectivity index (χ2n) is 2.32. The standard InChI is InChI=1S/C8H15.Al/c1-3-5-7-8-6-4-2;/h7H,3-6H2,1-2H3;. The minimum absolute atomic E-state index is 1.23. The Balaban J connectivity index is 3.30. The molecule has 0 nitrogen and oxygen atoms in total. The van der Waals surface area contributed by atoms with Crippen molar-refractivity contribution >= 4 is 16.3 Å². The summed E-state index contributed by atoms with van der Waals surface area (Å²) in [5, 5.41) is 0. The maximum atomic E-state index is 2.79. The number of rotatable bonds is 4. The van der Waals surface area contributed by atoms with Gasteiger partial charge in [0, 0.05) is 0 Å². The Morgan fingerprint density at radius 1 is 1.33 bits per heavy atom. The van der Waals surface area contributed by atoms with Crippen LogP contribution in [0.25, 0.3) is 0 Å². The van der Waals surface area contributed by atoms with Crippen molar-refractivity contribution in [3.63, 3.8) is 0 Å². The Hall–Kier alpha value is 0.272. The van der Waals surface area contributed by atoms with E-state index in [-0.39, 0.29) is 0 Å². The number of hydrogen-bond acceptors (Lipinski definition) is 0. The number of hydrogen-bond donors (Lipinski definition) is 0. The Bertz CT molecular complexity index is 84.6. The van der Waals surface area contributed by atoms with Gasteiger partial charge >= 0.3 is 0 Å². The Morgan fingerprint density at radius 2 is 2.00 bits per heavy atom. The highest BCUT2D eigenvalue weighted by molar-refractivity contribution is 6.21. The molecule has 1 heteroatoms. The van der Waals surface area contributed by atoms with Gasteiger partial charge in [0.1, 0.15) is 0 Å². The van der Waals surface area contributed by atoms with Gasteiger partial charge in [0.25, 0.3) is 0 Å². The Morgan fingerprint density at radius 3 is 2.44 bits per heavy atom. The van der Waals surface area contributed by atoms with Gasteiger partial charge in [-0.2, -0.15) is 4.44 Å². The van der Waals surface area contributed by atoms with Crippen LogP contribution in [0.1, 0.15) is 39.5 Å². The highest BCUT2D eigenvalue weighted by atomic mass is 27.0. The molecule has 0 rings (SSSR count). The molecular formula is C8H15Al. The molecule has 0 saturated heterocycles. The quantitative estimate of drug-likeness (QED) is 0.524. The maximum Gasteiger partial charge on any atom is 0.167 e. The molecule has 0 unspecified atom stereocenters. The Labute approximate surface area is 66.8 Å². The molecule has 0 bridgehead atoms. The second-order valence-corrected chi connectivity index (χ2v) is 3.06. The molecule has 0 aliphatic rings. The fourth-order valence-corrected chi connectivity index (χ4v) is 1.18. The smallest absolute Gasteiger partial charge is 0.163 e. The lowest BCUT2D eigenvalue weighted by Gasteiger charge is -1.96. The van der Waals surface area contributed by atoms with Crippen molar-refractivity contribution in [2.75, 3.05) is 0 Å². The first-order valence-corrected chi connectivity index (χ1v) is 4.33. The molecule has 50 valence electrons. The van der Waals surface area contributed by atoms with Gasteiger partial charge in [0.2, 0.25) is 0 Å². The van der Waals surface area contributed by atoms with E-state index in [2.05, 4.69) is 36.2 Å². The van der Waals surface area contributed by atoms with Crippen molar-refractivity contribution in [2.24, 2.45) is 0 Å². The molecule has 0 heterocycles. The van der Waals surface area contributed by atoms with E-state index in [4.69, 9.17) is 0 Å². The van der Waals surface area contributed by atoms with Gasteiger partial charge in [-0.3, -0.25) is 0 Å². The van der Waals surface area contributed by atoms with E-state index in [0.717, 1.165) is 0 Å². The van der Waals surface area contributed by atoms with Crippen LogP contribution in [0.5, 0.6) is 0 Å². The van der Waals surface area contributed by atoms with E-state index in [9.17, 15) is 0 Å². The number of unbranched alkanes of at least 4 members (excludes halogenated alkanes) is 1. The molecule has 0 amide bonds. The summed E-state index contributed by atoms with van der Waals surface area (Å²) in [7, 11) is 0. The van der Waals surface area contributed by atoms with Crippen molar-refractivity contribution < 1.29 is 0 Å². The molecule has 0 aromatic heterocycles. The number of allylic oxidation sites excluding steroid dienone is 2. The summed E-state index contributed by atoms with van der Waals surface area (Å²) in [6.45, 7) is 4.42. The van der Waals surface area contributed by atoms with Crippen LogP contribution >= 0.6 is 0 Å². The summed E-state index contributed by atoms with van der Waals surface area (Å²) in [6, 6.07) is 0. The summed E-state index contributed by atoms with van der Waals surface area (Å²) in [5.74, 6) is 0. The molecule has 0 fully saturated rings. The van der Waals surface area contributed by atoms with Crippen molar-refractivity contribution in [3.8, 4) is 0 Å². The lowest BCUT2D eigenvalue weighted by Crippen LogP contribution is -1.80. The molecule has 0 aromatic rings. The first-order chi connectivity index (χ1) is 4.31. The lowest BCUT2D eigenvalue weighted by molar-refractivity contribution is 0.910. The maximum absolute atomic E-state index is 2.79. The van der Waals surface area contributed by atoms with Gasteiger partial charge in [-0.15, -0.1) is 6.08 Å². The third kappa shape index (κ3) is 6.15. The average Bonchev–Trinajstić information content (AvgIpc) is 1.85. The van der Waals surface area contributed by atoms with Crippen LogP contribution in [0.4, 0.5) is 0 Å². The predicted molar refractivity (Wildman–Crippen MR) is 43.7 cm³/mol. The third-order valence-corrected chi connectivity index (χ3v) is 1.76. The largest absolute Gasteiger partial charge is 0.167 e. The zero-order valence-corrected chi connectivity index (χ0v) is 7.64. The molecular weight excluding hydrogens is 123 g/mol. The van der Waals surface area contributed by atoms with E-state index in [1.54, 1.807) is 0 Å². The molecule has 0 atom stereocenters. The van der Waals surface area contributed by atoms with Gasteiger partial charge in [0.05, 0.1) is 0 Å². The lowest BCUT2D eigenvalue weighted by atomic mass is 10.2. The van der Waals surface area contributed by atoms with Crippen molar-refractivity contribution in [1.29, 1.82) is 0 Å². The average molecular weight is 138 g/mol. The minimum atomic E-state index is 1.23. The van der Waals surface area contributed by atoms with Crippen molar-refractivity contribution in [3.05, 3.63) is 10.5 Å². The first-order valence-electron chi connectivity index (χ1n) is 3.75. The van der Waals surface area contributed by atoms with Crippen LogP contribution in [0.15, 0.2) is 10.5 Å². The van der Waals surface area contributed by atoms with E-state index >= 15 is 0 Å². The van der Waals surface area contributed by atoms with E-state index in [1.165, 1.54) is 30.1 Å². The van der Waals surface area contributed by atoms with Crippen LogP contribution < -0.4 is 0 Å². The van der Waals surface area contributed by atoms with Gasteiger partial charge < -0.3 is 0 Å². The molecule has 0 spiro atoms.